The fraction of sp³-hybridized carbons (Fsp3) is 0.476. The molecule has 0 spiro atoms. The molecule has 3 aromatic rings. The molecule has 1 amide bonds. The number of carbonyl (C=O) groups excluding carboxylic acids is 1. The summed E-state index contributed by atoms with van der Waals surface area (Å²) in [4.78, 5) is 31.9. The van der Waals surface area contributed by atoms with Crippen LogP contribution in [0.4, 0.5) is 4.39 Å². The SMILES string of the molecule is Cc1nc2c3c(F)cccc3[nH]n2c(=O)c1CCC(=O)NCCCN1CCOCC1. The van der Waals surface area contributed by atoms with E-state index in [9.17, 15) is 14.0 Å². The number of aryl methyl sites for hydroxylation is 1. The topological polar surface area (TPSA) is 91.7 Å². The molecular formula is C21H26FN5O3. The quantitative estimate of drug-likeness (QED) is 0.569. The highest BCUT2D eigenvalue weighted by Gasteiger charge is 2.17. The molecule has 8 nitrogen and oxygen atoms in total. The molecule has 9 heteroatoms. The van der Waals surface area contributed by atoms with Crippen LogP contribution in [-0.2, 0) is 16.0 Å². The molecule has 160 valence electrons. The third-order valence-electron chi connectivity index (χ3n) is 5.53. The second-order valence-corrected chi connectivity index (χ2v) is 7.57. The van der Waals surface area contributed by atoms with Gasteiger partial charge >= 0.3 is 0 Å². The van der Waals surface area contributed by atoms with E-state index in [0.29, 0.717) is 28.7 Å². The number of fused-ring (bicyclic) bond motifs is 3. The van der Waals surface area contributed by atoms with E-state index in [1.54, 1.807) is 19.1 Å². The fourth-order valence-corrected chi connectivity index (χ4v) is 3.87. The van der Waals surface area contributed by atoms with Crippen LogP contribution >= 0.6 is 0 Å². The zero-order chi connectivity index (χ0) is 21.1. The number of aromatic amines is 1. The summed E-state index contributed by atoms with van der Waals surface area (Å²) in [6.07, 6.45) is 1.37. The smallest absolute Gasteiger partial charge is 0.276 e. The Balaban J connectivity index is 1.37. The van der Waals surface area contributed by atoms with E-state index in [1.165, 1.54) is 10.6 Å². The molecule has 30 heavy (non-hydrogen) atoms. The number of nitrogens with one attached hydrogen (secondary N) is 2. The minimum Gasteiger partial charge on any atom is -0.379 e. The molecule has 0 unspecified atom stereocenters. The summed E-state index contributed by atoms with van der Waals surface area (Å²) in [5.41, 5.74) is 1.46. The predicted octanol–water partition coefficient (Wildman–Crippen LogP) is 1.39. The van der Waals surface area contributed by atoms with Crippen molar-refractivity contribution in [2.24, 2.45) is 0 Å². The molecule has 0 radical (unpaired) electrons. The van der Waals surface area contributed by atoms with Gasteiger partial charge in [-0.05, 0) is 38.4 Å². The molecule has 3 heterocycles. The maximum absolute atomic E-state index is 14.2. The number of halogens is 1. The number of nitrogens with zero attached hydrogens (tertiary/aromatic N) is 3. The van der Waals surface area contributed by atoms with Gasteiger partial charge < -0.3 is 10.1 Å². The molecule has 4 rings (SSSR count). The number of morpholine rings is 1. The summed E-state index contributed by atoms with van der Waals surface area (Å²) in [6, 6.07) is 4.62. The van der Waals surface area contributed by atoms with Gasteiger partial charge in [0.1, 0.15) is 5.82 Å². The summed E-state index contributed by atoms with van der Waals surface area (Å²) < 4.78 is 20.8. The number of benzene rings is 1. The summed E-state index contributed by atoms with van der Waals surface area (Å²) in [6.45, 7) is 6.66. The first kappa shape index (κ1) is 20.5. The van der Waals surface area contributed by atoms with Gasteiger partial charge in [0, 0.05) is 37.3 Å². The molecule has 0 saturated carbocycles. The van der Waals surface area contributed by atoms with E-state index in [0.717, 1.165) is 39.3 Å². The van der Waals surface area contributed by atoms with Gasteiger partial charge in [-0.1, -0.05) is 6.07 Å². The Labute approximate surface area is 173 Å². The van der Waals surface area contributed by atoms with Crippen LogP contribution in [0.3, 0.4) is 0 Å². The standard InChI is InChI=1S/C21H26FN5O3/c1-14-15(6-7-18(28)23-8-3-9-26-10-12-30-13-11-26)21(29)27-20(24-14)19-16(22)4-2-5-17(19)25-27/h2,4-5,25H,3,6-13H2,1H3,(H,23,28). The molecule has 1 aliphatic rings. The third-order valence-corrected chi connectivity index (χ3v) is 5.53. The van der Waals surface area contributed by atoms with Gasteiger partial charge in [-0.15, -0.1) is 0 Å². The Morgan fingerprint density at radius 1 is 1.33 bits per heavy atom. The lowest BCUT2D eigenvalue weighted by molar-refractivity contribution is -0.121. The highest BCUT2D eigenvalue weighted by atomic mass is 19.1. The molecule has 0 atom stereocenters. The summed E-state index contributed by atoms with van der Waals surface area (Å²) in [7, 11) is 0. The predicted molar refractivity (Wildman–Crippen MR) is 111 cm³/mol. The average Bonchev–Trinajstić information content (AvgIpc) is 3.12. The first-order chi connectivity index (χ1) is 14.5. The second-order valence-electron chi connectivity index (χ2n) is 7.57. The fourth-order valence-electron chi connectivity index (χ4n) is 3.87. The molecule has 1 fully saturated rings. The highest BCUT2D eigenvalue weighted by Crippen LogP contribution is 2.21. The van der Waals surface area contributed by atoms with Gasteiger partial charge in [-0.2, -0.15) is 0 Å². The Bertz CT molecular complexity index is 1120. The lowest BCUT2D eigenvalue weighted by Gasteiger charge is -2.26. The normalized spacial score (nSPS) is 15.1. The van der Waals surface area contributed by atoms with Crippen molar-refractivity contribution < 1.29 is 13.9 Å². The number of carbonyl (C=O) groups is 1. The number of rotatable bonds is 7. The van der Waals surface area contributed by atoms with Gasteiger partial charge in [0.25, 0.3) is 5.56 Å². The molecule has 2 N–H and O–H groups in total. The van der Waals surface area contributed by atoms with E-state index in [1.807, 2.05) is 0 Å². The van der Waals surface area contributed by atoms with Crippen LogP contribution in [0.1, 0.15) is 24.1 Å². The maximum atomic E-state index is 14.2. The van der Waals surface area contributed by atoms with Crippen molar-refractivity contribution in [3.05, 3.63) is 45.6 Å². The van der Waals surface area contributed by atoms with Crippen LogP contribution in [0.15, 0.2) is 23.0 Å². The average molecular weight is 415 g/mol. The van der Waals surface area contributed by atoms with Crippen LogP contribution in [-0.4, -0.2) is 64.8 Å². The number of ether oxygens (including phenoxy) is 1. The highest BCUT2D eigenvalue weighted by molar-refractivity contribution is 5.92. The number of hydrogen-bond acceptors (Lipinski definition) is 5. The Morgan fingerprint density at radius 2 is 2.13 bits per heavy atom. The van der Waals surface area contributed by atoms with E-state index in [2.05, 4.69) is 20.3 Å². The van der Waals surface area contributed by atoms with Gasteiger partial charge in [-0.25, -0.2) is 13.9 Å². The monoisotopic (exact) mass is 415 g/mol. The van der Waals surface area contributed by atoms with Crippen molar-refractivity contribution in [2.75, 3.05) is 39.4 Å². The number of aromatic nitrogens is 3. The van der Waals surface area contributed by atoms with Crippen molar-refractivity contribution in [3.8, 4) is 0 Å². The minimum absolute atomic E-state index is 0.0939. The van der Waals surface area contributed by atoms with E-state index in [-0.39, 0.29) is 30.0 Å². The van der Waals surface area contributed by atoms with Gasteiger partial charge in [0.15, 0.2) is 5.65 Å². The van der Waals surface area contributed by atoms with Crippen LogP contribution in [0.5, 0.6) is 0 Å². The van der Waals surface area contributed by atoms with E-state index < -0.39 is 5.82 Å². The van der Waals surface area contributed by atoms with Crippen LogP contribution in [0.25, 0.3) is 16.6 Å². The molecule has 1 aliphatic heterocycles. The zero-order valence-electron chi connectivity index (χ0n) is 17.0. The van der Waals surface area contributed by atoms with Crippen molar-refractivity contribution in [2.45, 2.75) is 26.2 Å². The summed E-state index contributed by atoms with van der Waals surface area (Å²) in [5, 5.41) is 6.11. The van der Waals surface area contributed by atoms with Gasteiger partial charge in [0.05, 0.1) is 24.1 Å². The van der Waals surface area contributed by atoms with Crippen LogP contribution in [0.2, 0.25) is 0 Å². The molecule has 0 bridgehead atoms. The van der Waals surface area contributed by atoms with Crippen LogP contribution < -0.4 is 10.9 Å². The summed E-state index contributed by atoms with van der Waals surface area (Å²) >= 11 is 0. The Kier molecular flexibility index (Phi) is 6.10. The van der Waals surface area contributed by atoms with Gasteiger partial charge in [0.2, 0.25) is 5.91 Å². The summed E-state index contributed by atoms with van der Waals surface area (Å²) in [5.74, 6) is -0.523. The number of amides is 1. The largest absolute Gasteiger partial charge is 0.379 e. The Hall–Kier alpha value is -2.78. The zero-order valence-corrected chi connectivity index (χ0v) is 17.0. The molecule has 2 aromatic heterocycles. The van der Waals surface area contributed by atoms with Crippen molar-refractivity contribution in [1.82, 2.24) is 24.8 Å². The van der Waals surface area contributed by atoms with Crippen molar-refractivity contribution in [3.63, 3.8) is 0 Å². The van der Waals surface area contributed by atoms with Gasteiger partial charge in [-0.3, -0.25) is 19.6 Å². The number of H-pyrrole nitrogens is 1. The lowest BCUT2D eigenvalue weighted by atomic mass is 10.1. The second kappa shape index (κ2) is 8.93. The lowest BCUT2D eigenvalue weighted by Crippen LogP contribution is -2.38. The van der Waals surface area contributed by atoms with E-state index >= 15 is 0 Å². The Morgan fingerprint density at radius 3 is 2.93 bits per heavy atom. The molecule has 0 aliphatic carbocycles. The number of hydrogen-bond donors (Lipinski definition) is 2. The molecule has 1 aromatic carbocycles. The first-order valence-corrected chi connectivity index (χ1v) is 10.3. The minimum atomic E-state index is -0.429. The third kappa shape index (κ3) is 4.22. The van der Waals surface area contributed by atoms with Crippen molar-refractivity contribution >= 4 is 22.5 Å². The maximum Gasteiger partial charge on any atom is 0.276 e. The van der Waals surface area contributed by atoms with E-state index in [4.69, 9.17) is 4.74 Å². The molecular weight excluding hydrogens is 389 g/mol. The van der Waals surface area contributed by atoms with Crippen LogP contribution in [0, 0.1) is 12.7 Å². The molecule has 1 saturated heterocycles. The first-order valence-electron chi connectivity index (χ1n) is 10.3. The van der Waals surface area contributed by atoms with Crippen molar-refractivity contribution in [1.29, 1.82) is 0 Å².